The van der Waals surface area contributed by atoms with Crippen molar-refractivity contribution in [3.8, 4) is 11.4 Å². The summed E-state index contributed by atoms with van der Waals surface area (Å²) in [5, 5.41) is 0. The Balaban J connectivity index is 1.89. The van der Waals surface area contributed by atoms with E-state index in [4.69, 9.17) is 0 Å². The van der Waals surface area contributed by atoms with Gasteiger partial charge in [-0.25, -0.2) is 9.97 Å². The van der Waals surface area contributed by atoms with Crippen molar-refractivity contribution >= 4 is 21.8 Å². The minimum Gasteiger partial charge on any atom is -0.268 e. The number of halogens is 1. The van der Waals surface area contributed by atoms with Gasteiger partial charge in [0.05, 0.1) is 10.0 Å². The summed E-state index contributed by atoms with van der Waals surface area (Å²) >= 11 is 3.50. The van der Waals surface area contributed by atoms with Gasteiger partial charge in [0.15, 0.2) is 5.82 Å². The van der Waals surface area contributed by atoms with E-state index in [1.54, 1.807) is 18.6 Å². The van der Waals surface area contributed by atoms with Gasteiger partial charge in [-0.3, -0.25) is 14.4 Å². The highest BCUT2D eigenvalue weighted by atomic mass is 79.9. The van der Waals surface area contributed by atoms with Crippen LogP contribution in [0.5, 0.6) is 0 Å². The molecule has 27 heavy (non-hydrogen) atoms. The van der Waals surface area contributed by atoms with Gasteiger partial charge in [-0.1, -0.05) is 50.1 Å². The summed E-state index contributed by atoms with van der Waals surface area (Å²) in [6.45, 7) is 2.84. The summed E-state index contributed by atoms with van der Waals surface area (Å²) in [4.78, 5) is 26.3. The summed E-state index contributed by atoms with van der Waals surface area (Å²) in [5.74, 6) is 0.390. The zero-order valence-corrected chi connectivity index (χ0v) is 16.8. The van der Waals surface area contributed by atoms with Gasteiger partial charge < -0.3 is 0 Å². The van der Waals surface area contributed by atoms with E-state index in [0.717, 1.165) is 29.3 Å². The normalized spacial score (nSPS) is 11.6. The van der Waals surface area contributed by atoms with E-state index in [9.17, 15) is 4.79 Å². The van der Waals surface area contributed by atoms with Gasteiger partial charge in [-0.05, 0) is 34.5 Å². The molecule has 3 aromatic rings. The van der Waals surface area contributed by atoms with Gasteiger partial charge >= 0.3 is 0 Å². The molecule has 0 radical (unpaired) electrons. The molecule has 0 aliphatic carbocycles. The molecule has 1 aromatic carbocycles. The van der Waals surface area contributed by atoms with Crippen molar-refractivity contribution in [2.75, 3.05) is 6.54 Å². The molecule has 0 aliphatic rings. The lowest BCUT2D eigenvalue weighted by molar-refractivity contribution is 0.0953. The number of unbranched alkanes of at least 4 members (excludes halogenated alkanes) is 2. The fourth-order valence-corrected chi connectivity index (χ4v) is 3.12. The van der Waals surface area contributed by atoms with Crippen molar-refractivity contribution in [3.63, 3.8) is 0 Å². The molecule has 6 heteroatoms. The smallest absolute Gasteiger partial charge is 0.266 e. The lowest BCUT2D eigenvalue weighted by Gasteiger charge is -2.08. The monoisotopic (exact) mass is 424 g/mol. The van der Waals surface area contributed by atoms with Gasteiger partial charge in [0.25, 0.3) is 5.91 Å². The molecule has 138 valence electrons. The third-order valence-electron chi connectivity index (χ3n) is 4.09. The fourth-order valence-electron chi connectivity index (χ4n) is 2.65. The molecule has 0 N–H and O–H groups in total. The Kier molecular flexibility index (Phi) is 6.65. The largest absolute Gasteiger partial charge is 0.268 e. The standard InChI is InChI=1S/C21H21BrN4O/c1-2-3-7-12-23-20-18(22)11-8-13-26(20)21(27)17-14-24-19(25-15-17)16-9-5-4-6-10-16/h4-6,8-11,13-15H,2-3,7,12H2,1H3. The Morgan fingerprint density at radius 3 is 2.52 bits per heavy atom. The Morgan fingerprint density at radius 1 is 1.07 bits per heavy atom. The van der Waals surface area contributed by atoms with Crippen LogP contribution in [-0.2, 0) is 0 Å². The number of carbonyl (C=O) groups excluding carboxylic acids is 1. The molecule has 0 aliphatic heterocycles. The molecular formula is C21H21BrN4O. The molecule has 0 amide bonds. The fraction of sp³-hybridized carbons (Fsp3) is 0.238. The van der Waals surface area contributed by atoms with Crippen molar-refractivity contribution in [1.82, 2.24) is 14.5 Å². The predicted octanol–water partition coefficient (Wildman–Crippen LogP) is 4.49. The molecule has 0 saturated heterocycles. The Hall–Kier alpha value is -2.60. The molecular weight excluding hydrogens is 404 g/mol. The zero-order valence-electron chi connectivity index (χ0n) is 15.2. The molecule has 3 rings (SSSR count). The van der Waals surface area contributed by atoms with Crippen LogP contribution < -0.4 is 5.49 Å². The highest BCUT2D eigenvalue weighted by Gasteiger charge is 2.12. The number of hydrogen-bond donors (Lipinski definition) is 0. The number of nitrogens with zero attached hydrogens (tertiary/aromatic N) is 4. The van der Waals surface area contributed by atoms with Crippen LogP contribution in [0.25, 0.3) is 11.4 Å². The van der Waals surface area contributed by atoms with Crippen LogP contribution in [-0.4, -0.2) is 27.0 Å². The highest BCUT2D eigenvalue weighted by molar-refractivity contribution is 9.10. The van der Waals surface area contributed by atoms with Crippen molar-refractivity contribution in [2.45, 2.75) is 26.2 Å². The SMILES string of the molecule is CCCCCN=c1c(Br)cccn1C(=O)c1cnc(-c2ccccc2)nc1. The first-order chi connectivity index (χ1) is 13.2. The third-order valence-corrected chi connectivity index (χ3v) is 4.71. The van der Waals surface area contributed by atoms with Crippen LogP contribution in [0.4, 0.5) is 0 Å². The number of hydrogen-bond acceptors (Lipinski definition) is 4. The summed E-state index contributed by atoms with van der Waals surface area (Å²) < 4.78 is 2.33. The topological polar surface area (TPSA) is 60.1 Å². The second kappa shape index (κ2) is 9.37. The van der Waals surface area contributed by atoms with E-state index in [-0.39, 0.29) is 5.91 Å². The maximum absolute atomic E-state index is 13.0. The van der Waals surface area contributed by atoms with Crippen LogP contribution in [0.1, 0.15) is 36.5 Å². The van der Waals surface area contributed by atoms with Crippen LogP contribution in [0.3, 0.4) is 0 Å². The predicted molar refractivity (Wildman–Crippen MR) is 109 cm³/mol. The van der Waals surface area contributed by atoms with Gasteiger partial charge in [-0.2, -0.15) is 0 Å². The van der Waals surface area contributed by atoms with Crippen molar-refractivity contribution in [2.24, 2.45) is 4.99 Å². The van der Waals surface area contributed by atoms with Gasteiger partial charge in [0.1, 0.15) is 5.49 Å². The molecule has 2 aromatic heterocycles. The molecule has 0 unspecified atom stereocenters. The Bertz CT molecular complexity index is 965. The molecule has 5 nitrogen and oxygen atoms in total. The number of carbonyl (C=O) groups is 1. The summed E-state index contributed by atoms with van der Waals surface area (Å²) in [5.41, 5.74) is 1.95. The molecule has 0 fully saturated rings. The first-order valence-corrected chi connectivity index (χ1v) is 9.80. The number of aromatic nitrogens is 3. The quantitative estimate of drug-likeness (QED) is 0.547. The Morgan fingerprint density at radius 2 is 1.81 bits per heavy atom. The van der Waals surface area contributed by atoms with E-state index in [2.05, 4.69) is 37.8 Å². The maximum atomic E-state index is 13.0. The summed E-state index contributed by atoms with van der Waals surface area (Å²) in [7, 11) is 0. The van der Waals surface area contributed by atoms with Crippen LogP contribution in [0.15, 0.2) is 70.5 Å². The lowest BCUT2D eigenvalue weighted by Crippen LogP contribution is -2.29. The van der Waals surface area contributed by atoms with Crippen molar-refractivity contribution in [1.29, 1.82) is 0 Å². The second-order valence-corrected chi connectivity index (χ2v) is 6.96. The second-order valence-electron chi connectivity index (χ2n) is 6.11. The zero-order chi connectivity index (χ0) is 19.1. The molecule has 0 spiro atoms. The minimum absolute atomic E-state index is 0.204. The van der Waals surface area contributed by atoms with Crippen molar-refractivity contribution < 1.29 is 4.79 Å². The average molecular weight is 425 g/mol. The molecule has 0 saturated carbocycles. The number of rotatable bonds is 6. The van der Waals surface area contributed by atoms with E-state index < -0.39 is 0 Å². The molecule has 2 heterocycles. The lowest BCUT2D eigenvalue weighted by atomic mass is 10.2. The maximum Gasteiger partial charge on any atom is 0.266 e. The average Bonchev–Trinajstić information content (AvgIpc) is 2.72. The van der Waals surface area contributed by atoms with E-state index in [0.29, 0.717) is 23.4 Å². The van der Waals surface area contributed by atoms with Crippen LogP contribution in [0.2, 0.25) is 0 Å². The van der Waals surface area contributed by atoms with E-state index >= 15 is 0 Å². The third kappa shape index (κ3) is 4.77. The number of benzene rings is 1. The Labute approximate surface area is 167 Å². The van der Waals surface area contributed by atoms with Crippen LogP contribution >= 0.6 is 15.9 Å². The number of pyridine rings is 1. The summed E-state index contributed by atoms with van der Waals surface area (Å²) in [6, 6.07) is 13.4. The molecule has 0 atom stereocenters. The van der Waals surface area contributed by atoms with Gasteiger partial charge in [-0.15, -0.1) is 0 Å². The highest BCUT2D eigenvalue weighted by Crippen LogP contribution is 2.13. The first-order valence-electron chi connectivity index (χ1n) is 9.00. The van der Waals surface area contributed by atoms with Crippen molar-refractivity contribution in [3.05, 3.63) is 76.6 Å². The molecule has 0 bridgehead atoms. The van der Waals surface area contributed by atoms with Gasteiger partial charge in [0.2, 0.25) is 0 Å². The van der Waals surface area contributed by atoms with E-state index in [1.165, 1.54) is 4.57 Å². The van der Waals surface area contributed by atoms with Gasteiger partial charge in [0, 0.05) is 30.7 Å². The minimum atomic E-state index is -0.204. The first kappa shape index (κ1) is 19.2. The summed E-state index contributed by atoms with van der Waals surface area (Å²) in [6.07, 6.45) is 8.10. The van der Waals surface area contributed by atoms with Crippen LogP contribution in [0, 0.1) is 0 Å². The van der Waals surface area contributed by atoms with E-state index in [1.807, 2.05) is 42.5 Å².